The summed E-state index contributed by atoms with van der Waals surface area (Å²) in [7, 11) is 1.75. The van der Waals surface area contributed by atoms with E-state index in [9.17, 15) is 4.79 Å². The highest BCUT2D eigenvalue weighted by Crippen LogP contribution is 2.40. The minimum Gasteiger partial charge on any atom is -0.366 e. The molecular weight excluding hydrogens is 378 g/mol. The molecule has 0 radical (unpaired) electrons. The Labute approximate surface area is 174 Å². The number of hydrogen-bond donors (Lipinski definition) is 1. The number of benzene rings is 1. The maximum absolute atomic E-state index is 13.2. The molecule has 3 aromatic rings. The summed E-state index contributed by atoms with van der Waals surface area (Å²) in [5.41, 5.74) is 3.80. The molecule has 2 aliphatic heterocycles. The number of amides is 2. The zero-order valence-corrected chi connectivity index (χ0v) is 16.6. The molecular formula is C22H21N7O. The molecule has 0 spiro atoms. The number of aliphatic imine (C=N–C) groups is 1. The van der Waals surface area contributed by atoms with Gasteiger partial charge in [0.25, 0.3) is 0 Å². The minimum absolute atomic E-state index is 0.0839. The lowest BCUT2D eigenvalue weighted by molar-refractivity contribution is 0.254. The largest absolute Gasteiger partial charge is 0.366 e. The van der Waals surface area contributed by atoms with Crippen LogP contribution in [0.15, 0.2) is 60.0 Å². The van der Waals surface area contributed by atoms with Gasteiger partial charge in [-0.05, 0) is 36.2 Å². The molecule has 5 rings (SSSR count). The second-order valence-electron chi connectivity index (χ2n) is 7.34. The average molecular weight is 399 g/mol. The third-order valence-corrected chi connectivity index (χ3v) is 5.45. The summed E-state index contributed by atoms with van der Waals surface area (Å²) >= 11 is 0. The Morgan fingerprint density at radius 1 is 1.27 bits per heavy atom. The van der Waals surface area contributed by atoms with E-state index in [-0.39, 0.29) is 12.1 Å². The molecule has 1 saturated heterocycles. The van der Waals surface area contributed by atoms with Crippen molar-refractivity contribution in [3.8, 4) is 11.3 Å². The van der Waals surface area contributed by atoms with Gasteiger partial charge in [0.2, 0.25) is 0 Å². The molecule has 150 valence electrons. The number of carbonyl (C=O) groups is 1. The van der Waals surface area contributed by atoms with Crippen molar-refractivity contribution in [1.29, 1.82) is 0 Å². The Kier molecular flexibility index (Phi) is 4.59. The van der Waals surface area contributed by atoms with Crippen LogP contribution >= 0.6 is 0 Å². The van der Waals surface area contributed by atoms with Crippen molar-refractivity contribution in [2.75, 3.05) is 35.3 Å². The van der Waals surface area contributed by atoms with Crippen LogP contribution in [0.1, 0.15) is 12.0 Å². The Morgan fingerprint density at radius 2 is 2.20 bits per heavy atom. The first kappa shape index (κ1) is 18.2. The molecule has 0 unspecified atom stereocenters. The average Bonchev–Trinajstić information content (AvgIpc) is 3.19. The summed E-state index contributed by atoms with van der Waals surface area (Å²) in [4.78, 5) is 34.3. The Bertz CT molecular complexity index is 1120. The van der Waals surface area contributed by atoms with Gasteiger partial charge in [-0.2, -0.15) is 0 Å². The maximum Gasteiger partial charge on any atom is 0.329 e. The van der Waals surface area contributed by atoms with Crippen molar-refractivity contribution in [3.63, 3.8) is 0 Å². The monoisotopic (exact) mass is 399 g/mol. The first-order valence-corrected chi connectivity index (χ1v) is 9.88. The Hall–Kier alpha value is -3.81. The van der Waals surface area contributed by atoms with E-state index in [0.717, 1.165) is 42.0 Å². The molecule has 8 nitrogen and oxygen atoms in total. The van der Waals surface area contributed by atoms with E-state index in [1.165, 1.54) is 6.33 Å². The topological polar surface area (TPSA) is 86.6 Å². The zero-order valence-electron chi connectivity index (χ0n) is 16.6. The van der Waals surface area contributed by atoms with Gasteiger partial charge >= 0.3 is 6.03 Å². The second kappa shape index (κ2) is 7.55. The number of pyridine rings is 1. The first-order chi connectivity index (χ1) is 14.7. The Morgan fingerprint density at radius 3 is 3.03 bits per heavy atom. The summed E-state index contributed by atoms with van der Waals surface area (Å²) in [6, 6.07) is 13.7. The molecule has 2 amide bonds. The lowest BCUT2D eigenvalue weighted by Gasteiger charge is -2.35. The molecule has 2 aliphatic rings. The quantitative estimate of drug-likeness (QED) is 0.684. The van der Waals surface area contributed by atoms with E-state index < -0.39 is 0 Å². The normalized spacial score (nSPS) is 17.3. The molecule has 8 heteroatoms. The van der Waals surface area contributed by atoms with Crippen molar-refractivity contribution in [2.24, 2.45) is 4.99 Å². The standard InChI is InChI=1S/C22H21N7O/c1-23-12-15-3-2-4-16(11-15)18-5-6-19-21(26-18)29(17-8-10-28(19)13-17)22(30)27-20-7-9-24-14-25-20/h2-7,9,11-12,14,17H,8,10,13H2,1H3,(H,24,25,27,30)/b23-12+/t17-/m0/s1. The molecule has 1 fully saturated rings. The van der Waals surface area contributed by atoms with Gasteiger partial charge in [0.1, 0.15) is 12.1 Å². The van der Waals surface area contributed by atoms with Crippen LogP contribution in [0.3, 0.4) is 0 Å². The van der Waals surface area contributed by atoms with E-state index in [1.54, 1.807) is 24.2 Å². The molecule has 0 saturated carbocycles. The number of fused-ring (bicyclic) bond motifs is 4. The van der Waals surface area contributed by atoms with E-state index in [1.807, 2.05) is 36.5 Å². The van der Waals surface area contributed by atoms with Gasteiger partial charge in [0, 0.05) is 38.1 Å². The number of nitrogens with one attached hydrogen (secondary N) is 1. The van der Waals surface area contributed by atoms with Gasteiger partial charge in [0.05, 0.1) is 17.4 Å². The van der Waals surface area contributed by atoms with Crippen molar-refractivity contribution in [1.82, 2.24) is 15.0 Å². The molecule has 4 heterocycles. The molecule has 2 aromatic heterocycles. The fourth-order valence-corrected chi connectivity index (χ4v) is 4.09. The third kappa shape index (κ3) is 3.26. The molecule has 1 atom stereocenters. The SMILES string of the molecule is C/N=C/c1cccc(-c2ccc3c(n2)N(C(=O)Nc2ccncn2)[C@H]2CCN3C2)c1. The third-order valence-electron chi connectivity index (χ3n) is 5.45. The van der Waals surface area contributed by atoms with Crippen molar-refractivity contribution >= 4 is 29.6 Å². The van der Waals surface area contributed by atoms with E-state index in [2.05, 4.69) is 31.2 Å². The molecule has 30 heavy (non-hydrogen) atoms. The van der Waals surface area contributed by atoms with Crippen molar-refractivity contribution in [3.05, 3.63) is 60.6 Å². The number of anilines is 3. The number of urea groups is 1. The van der Waals surface area contributed by atoms with Crippen LogP contribution in [-0.2, 0) is 0 Å². The minimum atomic E-state index is -0.224. The number of rotatable bonds is 3. The van der Waals surface area contributed by atoms with E-state index in [4.69, 9.17) is 4.98 Å². The highest BCUT2D eigenvalue weighted by Gasteiger charge is 2.40. The number of nitrogens with zero attached hydrogens (tertiary/aromatic N) is 6. The summed E-state index contributed by atoms with van der Waals surface area (Å²) < 4.78 is 0. The van der Waals surface area contributed by atoms with Crippen LogP contribution in [-0.4, -0.2) is 53.4 Å². The van der Waals surface area contributed by atoms with Gasteiger partial charge in [0.15, 0.2) is 5.82 Å². The van der Waals surface area contributed by atoms with Crippen LogP contribution in [0.2, 0.25) is 0 Å². The second-order valence-corrected chi connectivity index (χ2v) is 7.34. The van der Waals surface area contributed by atoms with Crippen LogP contribution in [0.4, 0.5) is 22.1 Å². The summed E-state index contributed by atoms with van der Waals surface area (Å²) in [5.74, 6) is 1.15. The fourth-order valence-electron chi connectivity index (χ4n) is 4.09. The van der Waals surface area contributed by atoms with E-state index >= 15 is 0 Å². The molecule has 0 aliphatic carbocycles. The Balaban J connectivity index is 1.53. The molecule has 1 aromatic carbocycles. The van der Waals surface area contributed by atoms with Crippen molar-refractivity contribution < 1.29 is 4.79 Å². The lowest BCUT2D eigenvalue weighted by atomic mass is 10.1. The predicted molar refractivity (Wildman–Crippen MR) is 117 cm³/mol. The van der Waals surface area contributed by atoms with Gasteiger partial charge in [-0.1, -0.05) is 18.2 Å². The highest BCUT2D eigenvalue weighted by molar-refractivity contribution is 6.04. The predicted octanol–water partition coefficient (Wildman–Crippen LogP) is 3.22. The van der Waals surface area contributed by atoms with Crippen LogP contribution in [0.25, 0.3) is 11.3 Å². The van der Waals surface area contributed by atoms with Crippen LogP contribution in [0, 0.1) is 0 Å². The summed E-state index contributed by atoms with van der Waals surface area (Å²) in [6.07, 6.45) is 5.74. The maximum atomic E-state index is 13.2. The number of aromatic nitrogens is 3. The lowest BCUT2D eigenvalue weighted by Crippen LogP contribution is -2.48. The van der Waals surface area contributed by atoms with Crippen molar-refractivity contribution in [2.45, 2.75) is 12.5 Å². The molecule has 2 bridgehead atoms. The van der Waals surface area contributed by atoms with Gasteiger partial charge in [-0.25, -0.2) is 19.7 Å². The molecule has 1 N–H and O–H groups in total. The van der Waals surface area contributed by atoms with Gasteiger partial charge in [-0.3, -0.25) is 15.2 Å². The van der Waals surface area contributed by atoms with Crippen LogP contribution < -0.4 is 15.1 Å². The van der Waals surface area contributed by atoms with E-state index in [0.29, 0.717) is 11.6 Å². The number of carbonyl (C=O) groups excluding carboxylic acids is 1. The number of hydrogen-bond acceptors (Lipinski definition) is 6. The zero-order chi connectivity index (χ0) is 20.5. The summed E-state index contributed by atoms with van der Waals surface area (Å²) in [6.45, 7) is 1.73. The highest BCUT2D eigenvalue weighted by atomic mass is 16.2. The first-order valence-electron chi connectivity index (χ1n) is 9.88. The van der Waals surface area contributed by atoms with Crippen LogP contribution in [0.5, 0.6) is 0 Å². The fraction of sp³-hybridized carbons (Fsp3) is 0.227. The smallest absolute Gasteiger partial charge is 0.329 e. The summed E-state index contributed by atoms with van der Waals surface area (Å²) in [5, 5.41) is 2.88. The van der Waals surface area contributed by atoms with Gasteiger partial charge in [-0.15, -0.1) is 0 Å². The van der Waals surface area contributed by atoms with Gasteiger partial charge < -0.3 is 4.90 Å².